The minimum atomic E-state index is -0.332. The molecule has 0 aliphatic carbocycles. The summed E-state index contributed by atoms with van der Waals surface area (Å²) in [5.74, 6) is 1.57. The third-order valence-electron chi connectivity index (χ3n) is 11.3. The van der Waals surface area contributed by atoms with E-state index in [0.29, 0.717) is 5.84 Å². The molecule has 0 saturated heterocycles. The minimum absolute atomic E-state index is 0.332. The Hall–Kier alpha value is -6.60. The first-order chi connectivity index (χ1) is 27.7. The number of hydrogen-bond donors (Lipinski definition) is 0. The number of aliphatic imine (C=N–C) groups is 2. The lowest BCUT2D eigenvalue weighted by Gasteiger charge is -2.33. The molecule has 0 radical (unpaired) electrons. The number of fused-ring (bicyclic) bond motifs is 10. The summed E-state index contributed by atoms with van der Waals surface area (Å²) in [4.78, 5) is 13.4. The van der Waals surface area contributed by atoms with Crippen LogP contribution in [0, 0.1) is 0 Å². The van der Waals surface area contributed by atoms with E-state index < -0.39 is 0 Å². The number of para-hydroxylation sites is 1. The third-order valence-corrected chi connectivity index (χ3v) is 13.7. The molecule has 264 valence electrons. The minimum Gasteiger partial charge on any atom is -0.456 e. The topological polar surface area (TPSA) is 41.1 Å². The Morgan fingerprint density at radius 3 is 2.12 bits per heavy atom. The standard InChI is InChI=1S/C50H31N3OS2/c1-53-49(31-25-24-29-12-2-3-13-30(29)26-31)51-48(52-50(53)38-19-10-18-35-34-14-5-8-21-42(34)56-47(35)38)39-27-32(28-41-45(39)36-15-4-7-20-40(36)54-41)33-17-11-23-44-46(33)37-16-6-9-22-43(37)55-44/h2-28,50H,1H3. The van der Waals surface area contributed by atoms with E-state index in [1.807, 2.05) is 28.7 Å². The van der Waals surface area contributed by atoms with Crippen LogP contribution >= 0.6 is 22.7 Å². The molecule has 0 fully saturated rings. The number of rotatable bonds is 4. The summed E-state index contributed by atoms with van der Waals surface area (Å²) in [7, 11) is 2.13. The zero-order valence-corrected chi connectivity index (χ0v) is 31.9. The van der Waals surface area contributed by atoms with E-state index in [1.54, 1.807) is 0 Å². The van der Waals surface area contributed by atoms with Crippen molar-refractivity contribution in [2.24, 2.45) is 9.98 Å². The summed E-state index contributed by atoms with van der Waals surface area (Å²) < 4.78 is 11.8. The number of hydrogen-bond acceptors (Lipinski definition) is 6. The fourth-order valence-electron chi connectivity index (χ4n) is 8.70. The fourth-order valence-corrected chi connectivity index (χ4v) is 11.1. The van der Waals surface area contributed by atoms with Gasteiger partial charge in [-0.1, -0.05) is 121 Å². The molecule has 0 N–H and O–H groups in total. The Balaban J connectivity index is 1.15. The molecular weight excluding hydrogens is 723 g/mol. The summed E-state index contributed by atoms with van der Waals surface area (Å²) in [6.45, 7) is 0. The molecule has 0 spiro atoms. The van der Waals surface area contributed by atoms with Crippen LogP contribution in [-0.4, -0.2) is 23.6 Å². The highest BCUT2D eigenvalue weighted by Crippen LogP contribution is 2.45. The zero-order valence-electron chi connectivity index (χ0n) is 30.2. The number of furan rings is 1. The van der Waals surface area contributed by atoms with Gasteiger partial charge in [-0.2, -0.15) is 0 Å². The molecule has 0 amide bonds. The number of thiophene rings is 2. The highest BCUT2D eigenvalue weighted by atomic mass is 32.1. The molecular formula is C50H31N3OS2. The van der Waals surface area contributed by atoms with Gasteiger partial charge in [0.15, 0.2) is 12.0 Å². The van der Waals surface area contributed by atoms with Gasteiger partial charge in [-0.05, 0) is 64.4 Å². The predicted molar refractivity (Wildman–Crippen MR) is 239 cm³/mol. The Kier molecular flexibility index (Phi) is 6.91. The molecule has 0 saturated carbocycles. The van der Waals surface area contributed by atoms with Gasteiger partial charge in [0.2, 0.25) is 0 Å². The Labute approximate surface area is 329 Å². The van der Waals surface area contributed by atoms with Gasteiger partial charge >= 0.3 is 0 Å². The summed E-state index contributed by atoms with van der Waals surface area (Å²) in [6.07, 6.45) is -0.332. The molecule has 12 rings (SSSR count). The fraction of sp³-hybridized carbons (Fsp3) is 0.0400. The average molecular weight is 754 g/mol. The Morgan fingerprint density at radius 1 is 0.518 bits per heavy atom. The van der Waals surface area contributed by atoms with E-state index in [4.69, 9.17) is 14.4 Å². The quantitative estimate of drug-likeness (QED) is 0.180. The molecule has 4 nitrogen and oxygen atoms in total. The second-order valence-corrected chi connectivity index (χ2v) is 16.7. The van der Waals surface area contributed by atoms with Gasteiger partial charge < -0.3 is 9.32 Å². The molecule has 3 aromatic heterocycles. The summed E-state index contributed by atoms with van der Waals surface area (Å²) in [5, 5.41) is 9.50. The lowest BCUT2D eigenvalue weighted by molar-refractivity contribution is 0.385. The lowest BCUT2D eigenvalue weighted by Crippen LogP contribution is -2.35. The van der Waals surface area contributed by atoms with Crippen molar-refractivity contribution in [3.05, 3.63) is 180 Å². The summed E-state index contributed by atoms with van der Waals surface area (Å²) in [5.41, 5.74) is 7.08. The lowest BCUT2D eigenvalue weighted by atomic mass is 9.95. The van der Waals surface area contributed by atoms with E-state index in [1.165, 1.54) is 56.7 Å². The molecule has 0 bridgehead atoms. The maximum atomic E-state index is 6.70. The zero-order chi connectivity index (χ0) is 36.9. The van der Waals surface area contributed by atoms with Crippen molar-refractivity contribution >= 4 is 107 Å². The van der Waals surface area contributed by atoms with Crippen molar-refractivity contribution in [2.45, 2.75) is 6.17 Å². The van der Waals surface area contributed by atoms with Gasteiger partial charge in [0, 0.05) is 74.9 Å². The van der Waals surface area contributed by atoms with Gasteiger partial charge in [0.1, 0.15) is 17.0 Å². The molecule has 1 unspecified atom stereocenters. The maximum absolute atomic E-state index is 6.70. The van der Waals surface area contributed by atoms with Crippen LogP contribution in [0.2, 0.25) is 0 Å². The predicted octanol–water partition coefficient (Wildman–Crippen LogP) is 14.0. The molecule has 4 heterocycles. The summed E-state index contributed by atoms with van der Waals surface area (Å²) in [6, 6.07) is 58.7. The molecule has 56 heavy (non-hydrogen) atoms. The van der Waals surface area contributed by atoms with Crippen LogP contribution < -0.4 is 0 Å². The van der Waals surface area contributed by atoms with Crippen molar-refractivity contribution < 1.29 is 4.42 Å². The van der Waals surface area contributed by atoms with Crippen LogP contribution in [-0.2, 0) is 0 Å². The van der Waals surface area contributed by atoms with Crippen LogP contribution in [0.3, 0.4) is 0 Å². The highest BCUT2D eigenvalue weighted by molar-refractivity contribution is 7.26. The van der Waals surface area contributed by atoms with Crippen LogP contribution in [0.4, 0.5) is 0 Å². The van der Waals surface area contributed by atoms with Gasteiger partial charge in [-0.15, -0.1) is 22.7 Å². The number of amidine groups is 2. The van der Waals surface area contributed by atoms with Crippen molar-refractivity contribution in [2.75, 3.05) is 7.05 Å². The first kappa shape index (κ1) is 31.7. The van der Waals surface area contributed by atoms with E-state index in [-0.39, 0.29) is 6.17 Å². The smallest absolute Gasteiger partial charge is 0.160 e. The summed E-state index contributed by atoms with van der Waals surface area (Å²) >= 11 is 3.67. The Bertz CT molecular complexity index is 3470. The van der Waals surface area contributed by atoms with Gasteiger partial charge in [-0.3, -0.25) is 0 Å². The first-order valence-corrected chi connectivity index (χ1v) is 20.4. The average Bonchev–Trinajstić information content (AvgIpc) is 3.95. The van der Waals surface area contributed by atoms with Gasteiger partial charge in [0.25, 0.3) is 0 Å². The van der Waals surface area contributed by atoms with Crippen LogP contribution in [0.1, 0.15) is 22.9 Å². The second kappa shape index (κ2) is 12.2. The largest absolute Gasteiger partial charge is 0.456 e. The monoisotopic (exact) mass is 753 g/mol. The van der Waals surface area contributed by atoms with Crippen molar-refractivity contribution in [1.29, 1.82) is 0 Å². The van der Waals surface area contributed by atoms with Gasteiger partial charge in [-0.25, -0.2) is 9.98 Å². The normalized spacial score (nSPS) is 14.9. The highest BCUT2D eigenvalue weighted by Gasteiger charge is 2.30. The molecule has 1 aliphatic rings. The van der Waals surface area contributed by atoms with Crippen molar-refractivity contribution in [3.63, 3.8) is 0 Å². The van der Waals surface area contributed by atoms with Crippen LogP contribution in [0.15, 0.2) is 178 Å². The van der Waals surface area contributed by atoms with Crippen LogP contribution in [0.25, 0.3) is 84.2 Å². The molecule has 1 atom stereocenters. The Morgan fingerprint density at radius 2 is 1.23 bits per heavy atom. The first-order valence-electron chi connectivity index (χ1n) is 18.8. The third kappa shape index (κ3) is 4.76. The van der Waals surface area contributed by atoms with Gasteiger partial charge in [0.05, 0.1) is 0 Å². The molecule has 11 aromatic rings. The molecule has 6 heteroatoms. The number of nitrogens with zero attached hydrogens (tertiary/aromatic N) is 3. The van der Waals surface area contributed by atoms with Crippen LogP contribution in [0.5, 0.6) is 0 Å². The van der Waals surface area contributed by atoms with E-state index in [9.17, 15) is 0 Å². The SMILES string of the molecule is CN1C(c2ccc3ccccc3c2)=NC(c2cc(-c3cccc4sc5ccccc5c34)cc3oc4ccccc4c23)=NC1c1cccc2c1sc1ccccc12. The number of benzene rings is 8. The molecule has 1 aliphatic heterocycles. The molecule has 8 aromatic carbocycles. The van der Waals surface area contributed by atoms with Crippen molar-refractivity contribution in [1.82, 2.24) is 4.90 Å². The van der Waals surface area contributed by atoms with E-state index >= 15 is 0 Å². The van der Waals surface area contributed by atoms with E-state index in [2.05, 4.69) is 170 Å². The van der Waals surface area contributed by atoms with Crippen molar-refractivity contribution in [3.8, 4) is 11.1 Å². The van der Waals surface area contributed by atoms with E-state index in [0.717, 1.165) is 50.0 Å². The maximum Gasteiger partial charge on any atom is 0.160 e. The second-order valence-electron chi connectivity index (χ2n) is 14.5.